The Balaban J connectivity index is 1.75. The normalized spacial score (nSPS) is 37.3. The topological polar surface area (TPSA) is 21.3 Å². The fourth-order valence-electron chi connectivity index (χ4n) is 4.61. The average Bonchev–Trinajstić information content (AvgIpc) is 2.78. The summed E-state index contributed by atoms with van der Waals surface area (Å²) >= 11 is 0. The lowest BCUT2D eigenvalue weighted by molar-refractivity contribution is 0.109. The number of unbranched alkanes of at least 4 members (excludes halogenated alkanes) is 2. The van der Waals surface area contributed by atoms with E-state index in [4.69, 9.17) is 4.74 Å². The van der Waals surface area contributed by atoms with Crippen LogP contribution in [-0.4, -0.2) is 26.3 Å². The second kappa shape index (κ2) is 5.50. The van der Waals surface area contributed by atoms with Crippen molar-refractivity contribution in [2.24, 2.45) is 16.7 Å². The predicted molar refractivity (Wildman–Crippen MR) is 76.7 cm³/mol. The standard InChI is InChI=1S/C16H31NO/c1-15(2)13-8-9-16(3,12-13)14(15)17-10-6-5-7-11-18-4/h13-14,17H,5-12H2,1-4H3/t13-,14?,16+/m0/s1. The molecule has 2 bridgehead atoms. The SMILES string of the molecule is COCCCCCNC1C(C)(C)[C@H]2CC[C@]1(C)C2. The second-order valence-corrected chi connectivity index (χ2v) is 7.36. The summed E-state index contributed by atoms with van der Waals surface area (Å²) in [4.78, 5) is 0. The molecule has 2 aliphatic rings. The van der Waals surface area contributed by atoms with E-state index < -0.39 is 0 Å². The Morgan fingerprint density at radius 3 is 2.56 bits per heavy atom. The monoisotopic (exact) mass is 253 g/mol. The van der Waals surface area contributed by atoms with Crippen LogP contribution in [0.25, 0.3) is 0 Å². The van der Waals surface area contributed by atoms with Crippen LogP contribution in [0.3, 0.4) is 0 Å². The highest BCUT2D eigenvalue weighted by atomic mass is 16.5. The van der Waals surface area contributed by atoms with E-state index in [2.05, 4.69) is 26.1 Å². The van der Waals surface area contributed by atoms with E-state index in [0.29, 0.717) is 10.8 Å². The lowest BCUT2D eigenvalue weighted by Gasteiger charge is -2.43. The van der Waals surface area contributed by atoms with Crippen molar-refractivity contribution < 1.29 is 4.74 Å². The number of methoxy groups -OCH3 is 1. The molecule has 2 aliphatic carbocycles. The minimum Gasteiger partial charge on any atom is -0.385 e. The molecule has 18 heavy (non-hydrogen) atoms. The average molecular weight is 253 g/mol. The Labute approximate surface area is 113 Å². The molecule has 0 aliphatic heterocycles. The largest absolute Gasteiger partial charge is 0.385 e. The first kappa shape index (κ1) is 14.3. The van der Waals surface area contributed by atoms with Gasteiger partial charge in [-0.15, -0.1) is 0 Å². The van der Waals surface area contributed by atoms with E-state index >= 15 is 0 Å². The van der Waals surface area contributed by atoms with Gasteiger partial charge in [0.05, 0.1) is 0 Å². The number of rotatable bonds is 7. The summed E-state index contributed by atoms with van der Waals surface area (Å²) in [5.41, 5.74) is 1.07. The van der Waals surface area contributed by atoms with Crippen LogP contribution >= 0.6 is 0 Å². The summed E-state index contributed by atoms with van der Waals surface area (Å²) < 4.78 is 5.09. The van der Waals surface area contributed by atoms with Crippen LogP contribution in [0.2, 0.25) is 0 Å². The maximum absolute atomic E-state index is 5.09. The maximum atomic E-state index is 5.09. The van der Waals surface area contributed by atoms with Gasteiger partial charge in [-0.25, -0.2) is 0 Å². The fourth-order valence-corrected chi connectivity index (χ4v) is 4.61. The van der Waals surface area contributed by atoms with E-state index in [1.165, 1.54) is 45.1 Å². The van der Waals surface area contributed by atoms with Gasteiger partial charge >= 0.3 is 0 Å². The highest BCUT2D eigenvalue weighted by Crippen LogP contribution is 2.62. The highest BCUT2D eigenvalue weighted by molar-refractivity contribution is 5.11. The Morgan fingerprint density at radius 1 is 1.17 bits per heavy atom. The summed E-state index contributed by atoms with van der Waals surface area (Å²) in [6.45, 7) is 9.55. The van der Waals surface area contributed by atoms with Crippen LogP contribution in [0.15, 0.2) is 0 Å². The van der Waals surface area contributed by atoms with Crippen molar-refractivity contribution in [2.45, 2.75) is 65.3 Å². The van der Waals surface area contributed by atoms with Gasteiger partial charge in [-0.1, -0.05) is 20.8 Å². The van der Waals surface area contributed by atoms with Crippen molar-refractivity contribution in [3.05, 3.63) is 0 Å². The second-order valence-electron chi connectivity index (χ2n) is 7.36. The zero-order valence-electron chi connectivity index (χ0n) is 12.7. The van der Waals surface area contributed by atoms with Gasteiger partial charge in [0.25, 0.3) is 0 Å². The maximum Gasteiger partial charge on any atom is 0.0462 e. The van der Waals surface area contributed by atoms with Gasteiger partial charge in [0, 0.05) is 19.8 Å². The third-order valence-electron chi connectivity index (χ3n) is 5.64. The molecule has 2 nitrogen and oxygen atoms in total. The summed E-state index contributed by atoms with van der Waals surface area (Å²) in [5, 5.41) is 3.88. The fraction of sp³-hybridized carbons (Fsp3) is 1.00. The third kappa shape index (κ3) is 2.60. The summed E-state index contributed by atoms with van der Waals surface area (Å²) in [7, 11) is 1.79. The molecule has 1 N–H and O–H groups in total. The van der Waals surface area contributed by atoms with E-state index in [1.807, 2.05) is 0 Å². The van der Waals surface area contributed by atoms with Crippen molar-refractivity contribution >= 4 is 0 Å². The highest BCUT2D eigenvalue weighted by Gasteiger charge is 2.58. The van der Waals surface area contributed by atoms with Crippen molar-refractivity contribution in [1.29, 1.82) is 0 Å². The Hall–Kier alpha value is -0.0800. The third-order valence-corrected chi connectivity index (χ3v) is 5.64. The first-order valence-electron chi connectivity index (χ1n) is 7.73. The number of nitrogens with one attached hydrogen (secondary N) is 1. The summed E-state index contributed by atoms with van der Waals surface area (Å²) in [6.07, 6.45) is 8.11. The van der Waals surface area contributed by atoms with Crippen LogP contribution in [0.5, 0.6) is 0 Å². The van der Waals surface area contributed by atoms with Gasteiger partial charge in [0.15, 0.2) is 0 Å². The minimum atomic E-state index is 0.500. The molecule has 0 spiro atoms. The van der Waals surface area contributed by atoms with E-state index in [9.17, 15) is 0 Å². The predicted octanol–water partition coefficient (Wildman–Crippen LogP) is 3.61. The van der Waals surface area contributed by atoms with Gasteiger partial charge < -0.3 is 10.1 Å². The van der Waals surface area contributed by atoms with E-state index in [0.717, 1.165) is 18.6 Å². The molecule has 2 rings (SSSR count). The summed E-state index contributed by atoms with van der Waals surface area (Å²) in [6, 6.07) is 0.728. The van der Waals surface area contributed by atoms with Crippen molar-refractivity contribution in [3.8, 4) is 0 Å². The molecular formula is C16H31NO. The molecule has 2 saturated carbocycles. The smallest absolute Gasteiger partial charge is 0.0462 e. The van der Waals surface area contributed by atoms with Crippen molar-refractivity contribution in [2.75, 3.05) is 20.3 Å². The van der Waals surface area contributed by atoms with Gasteiger partial charge in [0.2, 0.25) is 0 Å². The van der Waals surface area contributed by atoms with Crippen LogP contribution < -0.4 is 5.32 Å². The molecule has 106 valence electrons. The summed E-state index contributed by atoms with van der Waals surface area (Å²) in [5.74, 6) is 0.952. The lowest BCUT2D eigenvalue weighted by Crippen LogP contribution is -2.50. The molecule has 0 heterocycles. The van der Waals surface area contributed by atoms with E-state index in [1.54, 1.807) is 7.11 Å². The van der Waals surface area contributed by atoms with Gasteiger partial charge in [-0.3, -0.25) is 0 Å². The number of hydrogen-bond acceptors (Lipinski definition) is 2. The Bertz CT molecular complexity index is 272. The van der Waals surface area contributed by atoms with Gasteiger partial charge in [-0.05, 0) is 61.8 Å². The number of fused-ring (bicyclic) bond motifs is 2. The minimum absolute atomic E-state index is 0.500. The lowest BCUT2D eigenvalue weighted by atomic mass is 9.68. The molecule has 2 heteroatoms. The zero-order chi connectivity index (χ0) is 13.2. The molecule has 0 aromatic heterocycles. The van der Waals surface area contributed by atoms with Gasteiger partial charge in [-0.2, -0.15) is 0 Å². The van der Waals surface area contributed by atoms with Crippen molar-refractivity contribution in [1.82, 2.24) is 5.32 Å². The molecule has 1 unspecified atom stereocenters. The van der Waals surface area contributed by atoms with Crippen molar-refractivity contribution in [3.63, 3.8) is 0 Å². The zero-order valence-corrected chi connectivity index (χ0v) is 12.7. The first-order valence-corrected chi connectivity index (χ1v) is 7.73. The molecule has 0 aromatic rings. The Morgan fingerprint density at radius 2 is 1.94 bits per heavy atom. The molecule has 3 atom stereocenters. The molecule has 0 saturated heterocycles. The molecule has 0 radical (unpaired) electrons. The van der Waals surface area contributed by atoms with Crippen LogP contribution in [0, 0.1) is 16.7 Å². The number of ether oxygens (including phenoxy) is 1. The molecule has 0 amide bonds. The van der Waals surface area contributed by atoms with Crippen LogP contribution in [-0.2, 0) is 4.74 Å². The molecule has 0 aromatic carbocycles. The number of hydrogen-bond donors (Lipinski definition) is 1. The Kier molecular flexibility index (Phi) is 4.38. The van der Waals surface area contributed by atoms with E-state index in [-0.39, 0.29) is 0 Å². The van der Waals surface area contributed by atoms with Crippen LogP contribution in [0.1, 0.15) is 59.3 Å². The molecular weight excluding hydrogens is 222 g/mol. The first-order chi connectivity index (χ1) is 8.50. The van der Waals surface area contributed by atoms with Gasteiger partial charge in [0.1, 0.15) is 0 Å². The van der Waals surface area contributed by atoms with Crippen LogP contribution in [0.4, 0.5) is 0 Å². The quantitative estimate of drug-likeness (QED) is 0.700. The molecule has 2 fully saturated rings.